The molecule has 34 heavy (non-hydrogen) atoms. The molecule has 1 fully saturated rings. The molecule has 0 bridgehead atoms. The molecule has 4 rings (SSSR count). The zero-order valence-electron chi connectivity index (χ0n) is 16.8. The molecule has 0 spiro atoms. The summed E-state index contributed by atoms with van der Waals surface area (Å²) in [5.41, 5.74) is 4.65. The number of carbonyl (C=O) groups is 2. The van der Waals surface area contributed by atoms with E-state index < -0.39 is 67.6 Å². The summed E-state index contributed by atoms with van der Waals surface area (Å²) in [5.74, 6) is -6.11. The maximum Gasteiger partial charge on any atom is 0.412 e. The molecule has 1 aromatic heterocycles. The highest BCUT2D eigenvalue weighted by Crippen LogP contribution is 2.45. The van der Waals surface area contributed by atoms with Crippen molar-refractivity contribution in [3.05, 3.63) is 40.3 Å². The van der Waals surface area contributed by atoms with Crippen LogP contribution < -0.4 is 5.73 Å². The van der Waals surface area contributed by atoms with E-state index in [0.717, 1.165) is 17.0 Å². The Balaban J connectivity index is 0.00000324. The zero-order valence-corrected chi connectivity index (χ0v) is 17.6. The third kappa shape index (κ3) is 4.73. The largest absolute Gasteiger partial charge is 0.412 e. The first-order chi connectivity index (χ1) is 15.3. The third-order valence-electron chi connectivity index (χ3n) is 5.85. The summed E-state index contributed by atoms with van der Waals surface area (Å²) in [7, 11) is 0. The Kier molecular flexibility index (Phi) is 6.68. The molecule has 0 saturated heterocycles. The summed E-state index contributed by atoms with van der Waals surface area (Å²) in [6.07, 6.45) is -6.19. The molecule has 1 aliphatic heterocycles. The number of primary amides is 1. The van der Waals surface area contributed by atoms with E-state index in [4.69, 9.17) is 17.3 Å². The molecule has 1 unspecified atom stereocenters. The van der Waals surface area contributed by atoms with E-state index in [1.807, 2.05) is 0 Å². The highest BCUT2D eigenvalue weighted by Gasteiger charge is 2.50. The molecule has 1 aromatic carbocycles. The minimum Gasteiger partial charge on any atom is -0.365 e. The highest BCUT2D eigenvalue weighted by atomic mass is 35.5. The van der Waals surface area contributed by atoms with Gasteiger partial charge in [-0.2, -0.15) is 18.3 Å². The Hall–Kier alpha value is -2.76. The molecule has 1 saturated carbocycles. The van der Waals surface area contributed by atoms with Crippen molar-refractivity contribution >= 4 is 23.4 Å². The Morgan fingerprint density at radius 1 is 1.24 bits per heavy atom. The first-order valence-corrected chi connectivity index (χ1v) is 10.2. The number of hydrogen-bond acceptors (Lipinski definition) is 3. The lowest BCUT2D eigenvalue weighted by Gasteiger charge is -2.38. The predicted molar refractivity (Wildman–Crippen MR) is 111 cm³/mol. The van der Waals surface area contributed by atoms with E-state index in [1.54, 1.807) is 0 Å². The Labute approximate surface area is 195 Å². The van der Waals surface area contributed by atoms with Gasteiger partial charge in [-0.15, -0.1) is 0 Å². The number of nitrogens with zero attached hydrogens (tertiary/aromatic N) is 3. The maximum absolute atomic E-state index is 13.9. The third-order valence-corrected chi connectivity index (χ3v) is 6.14. The average molecular weight is 511 g/mol. The number of rotatable bonds is 4. The Bertz CT molecular complexity index is 1130. The van der Waals surface area contributed by atoms with E-state index in [-0.39, 0.29) is 41.4 Å². The topological polar surface area (TPSA) is 81.2 Å². The van der Waals surface area contributed by atoms with Gasteiger partial charge in [0.15, 0.2) is 6.04 Å². The lowest BCUT2D eigenvalue weighted by Crippen LogP contribution is -2.48. The molecular formula is C21H21ClF6N4O2. The predicted octanol–water partition coefficient (Wildman–Crippen LogP) is 4.96. The molecule has 13 heteroatoms. The molecule has 186 valence electrons. The number of amides is 2. The normalized spacial score (nSPS) is 19.7. The van der Waals surface area contributed by atoms with Gasteiger partial charge < -0.3 is 10.6 Å². The van der Waals surface area contributed by atoms with Gasteiger partial charge in [0.05, 0.1) is 29.4 Å². The Morgan fingerprint density at radius 2 is 1.88 bits per heavy atom. The molecule has 1 aliphatic carbocycles. The van der Waals surface area contributed by atoms with Crippen LogP contribution in [-0.4, -0.2) is 45.1 Å². The maximum atomic E-state index is 13.9. The lowest BCUT2D eigenvalue weighted by molar-refractivity contribution is -0.182. The number of alkyl halides is 5. The smallest absolute Gasteiger partial charge is 0.365 e. The van der Waals surface area contributed by atoms with Crippen LogP contribution in [0.15, 0.2) is 18.2 Å². The van der Waals surface area contributed by atoms with Crippen molar-refractivity contribution in [2.75, 3.05) is 6.54 Å². The van der Waals surface area contributed by atoms with Gasteiger partial charge in [-0.1, -0.05) is 19.0 Å². The second kappa shape index (κ2) is 8.79. The van der Waals surface area contributed by atoms with Crippen molar-refractivity contribution in [3.63, 3.8) is 0 Å². The number of carbonyl (C=O) groups excluding carboxylic acids is 2. The van der Waals surface area contributed by atoms with Crippen LogP contribution in [0.5, 0.6) is 0 Å². The fourth-order valence-electron chi connectivity index (χ4n) is 4.25. The van der Waals surface area contributed by atoms with Crippen molar-refractivity contribution in [1.29, 1.82) is 0 Å². The number of nitrogens with two attached hydrogens (primary N) is 1. The van der Waals surface area contributed by atoms with Crippen molar-refractivity contribution in [1.82, 2.24) is 14.7 Å². The Morgan fingerprint density at radius 3 is 2.41 bits per heavy atom. The van der Waals surface area contributed by atoms with Gasteiger partial charge >= 0.3 is 6.18 Å². The molecule has 1 atom stereocenters. The molecule has 0 radical (unpaired) electrons. The minimum atomic E-state index is -4.85. The second-order valence-electron chi connectivity index (χ2n) is 8.27. The average Bonchev–Trinajstić information content (AvgIpc) is 3.06. The molecular weight excluding hydrogens is 490 g/mol. The fraction of sp³-hybridized carbons (Fsp3) is 0.476. The van der Waals surface area contributed by atoms with Crippen LogP contribution in [0.2, 0.25) is 5.02 Å². The van der Waals surface area contributed by atoms with Crippen molar-refractivity contribution in [2.45, 2.75) is 51.4 Å². The van der Waals surface area contributed by atoms with Gasteiger partial charge in [0.25, 0.3) is 5.91 Å². The highest BCUT2D eigenvalue weighted by molar-refractivity contribution is 6.31. The second-order valence-corrected chi connectivity index (χ2v) is 8.68. The van der Waals surface area contributed by atoms with Crippen LogP contribution >= 0.6 is 11.6 Å². The van der Waals surface area contributed by atoms with Gasteiger partial charge in [0, 0.05) is 24.8 Å². The van der Waals surface area contributed by atoms with E-state index in [2.05, 4.69) is 5.10 Å². The van der Waals surface area contributed by atoms with E-state index in [0.29, 0.717) is 4.68 Å². The molecule has 6 nitrogen and oxygen atoms in total. The molecule has 2 N–H and O–H groups in total. The van der Waals surface area contributed by atoms with Crippen LogP contribution in [0, 0.1) is 11.7 Å². The number of benzene rings is 1. The number of aromatic nitrogens is 2. The standard InChI is InChI=1S/C20H17ClF6N4O2.CH4/c21-11-4-10(1-2-12(11)22)17-16(18(28)33)13-7-30(8-14(20(25,26)27)31(13)29-17)15(32)3-9-5-19(23,24)6-9;/h1-2,4,9,14H,3,5-8H2,(H2,28,33);1H4. The first-order valence-electron chi connectivity index (χ1n) is 9.86. The number of fused-ring (bicyclic) bond motifs is 1. The van der Waals surface area contributed by atoms with E-state index in [1.165, 1.54) is 6.07 Å². The zero-order chi connectivity index (χ0) is 24.3. The van der Waals surface area contributed by atoms with Crippen LogP contribution in [0.25, 0.3) is 11.3 Å². The molecule has 2 aromatic rings. The summed E-state index contributed by atoms with van der Waals surface area (Å²) in [6.45, 7) is -1.23. The van der Waals surface area contributed by atoms with Crippen LogP contribution in [0.4, 0.5) is 26.3 Å². The van der Waals surface area contributed by atoms with Crippen LogP contribution in [-0.2, 0) is 11.3 Å². The van der Waals surface area contributed by atoms with Gasteiger partial charge in [0.1, 0.15) is 11.5 Å². The van der Waals surface area contributed by atoms with E-state index >= 15 is 0 Å². The van der Waals surface area contributed by atoms with Crippen molar-refractivity contribution in [3.8, 4) is 11.3 Å². The van der Waals surface area contributed by atoms with Gasteiger partial charge in [0.2, 0.25) is 11.8 Å². The summed E-state index contributed by atoms with van der Waals surface area (Å²) in [5, 5.41) is 3.60. The summed E-state index contributed by atoms with van der Waals surface area (Å²) in [4.78, 5) is 25.7. The number of halogens is 7. The van der Waals surface area contributed by atoms with Crippen LogP contribution in [0.1, 0.15) is 48.8 Å². The minimum absolute atomic E-state index is 0. The summed E-state index contributed by atoms with van der Waals surface area (Å²) in [6, 6.07) is 0.951. The summed E-state index contributed by atoms with van der Waals surface area (Å²) >= 11 is 5.76. The molecule has 2 amide bonds. The fourth-order valence-corrected chi connectivity index (χ4v) is 4.43. The quantitative estimate of drug-likeness (QED) is 0.590. The van der Waals surface area contributed by atoms with Crippen LogP contribution in [0.3, 0.4) is 0 Å². The summed E-state index contributed by atoms with van der Waals surface area (Å²) < 4.78 is 81.9. The molecule has 2 aliphatic rings. The van der Waals surface area contributed by atoms with Gasteiger partial charge in [-0.3, -0.25) is 14.3 Å². The number of hydrogen-bond donors (Lipinski definition) is 1. The SMILES string of the molecule is C.NC(=O)c1c(-c2ccc(F)c(Cl)c2)nn2c1CN(C(=O)CC1CC(F)(F)C1)CC2C(F)(F)F. The lowest BCUT2D eigenvalue weighted by atomic mass is 9.79. The van der Waals surface area contributed by atoms with Crippen molar-refractivity contribution in [2.24, 2.45) is 11.7 Å². The van der Waals surface area contributed by atoms with Gasteiger partial charge in [-0.25, -0.2) is 13.2 Å². The van der Waals surface area contributed by atoms with Gasteiger partial charge in [-0.05, 0) is 24.1 Å². The van der Waals surface area contributed by atoms with E-state index in [9.17, 15) is 35.9 Å². The molecule has 2 heterocycles. The monoisotopic (exact) mass is 510 g/mol. The van der Waals surface area contributed by atoms with Crippen molar-refractivity contribution < 1.29 is 35.9 Å². The first kappa shape index (κ1) is 25.9.